The standard InChI is InChI=1S/C20H24N4O5/c1-5-12(6-2)18(25)24-13-7-8-16-14(9-13)17(23-11-22-16)21-10-15(19(26)28-3)20(27)29-4/h7-12H,5-6H2,1-4H3,(H,24,25)(H,21,22,23). The number of esters is 2. The molecule has 0 radical (unpaired) electrons. The van der Waals surface area contributed by atoms with Crippen LogP contribution in [-0.4, -0.2) is 42.0 Å². The Labute approximate surface area is 168 Å². The number of fused-ring (bicyclic) bond motifs is 1. The minimum atomic E-state index is -0.846. The third-order valence-electron chi connectivity index (χ3n) is 4.42. The predicted molar refractivity (Wildman–Crippen MR) is 108 cm³/mol. The highest BCUT2D eigenvalue weighted by atomic mass is 16.5. The van der Waals surface area contributed by atoms with Gasteiger partial charge in [0.25, 0.3) is 0 Å². The Bertz CT molecular complexity index is 920. The summed E-state index contributed by atoms with van der Waals surface area (Å²) in [5.74, 6) is -1.47. The number of carbonyl (C=O) groups is 3. The van der Waals surface area contributed by atoms with Gasteiger partial charge in [-0.25, -0.2) is 19.6 Å². The van der Waals surface area contributed by atoms with E-state index < -0.39 is 11.9 Å². The van der Waals surface area contributed by atoms with Gasteiger partial charge in [0, 0.05) is 23.2 Å². The molecule has 0 aliphatic carbocycles. The molecule has 0 fully saturated rings. The lowest BCUT2D eigenvalue weighted by molar-refractivity contribution is -0.144. The van der Waals surface area contributed by atoms with Gasteiger partial charge < -0.3 is 20.1 Å². The Morgan fingerprint density at radius 1 is 1.07 bits per heavy atom. The Morgan fingerprint density at radius 2 is 1.72 bits per heavy atom. The number of anilines is 2. The fourth-order valence-electron chi connectivity index (χ4n) is 2.71. The van der Waals surface area contributed by atoms with E-state index in [2.05, 4.69) is 30.1 Å². The smallest absolute Gasteiger partial charge is 0.346 e. The molecule has 2 aromatic rings. The van der Waals surface area contributed by atoms with E-state index in [1.807, 2.05) is 13.8 Å². The number of hydrogen-bond acceptors (Lipinski definition) is 8. The molecule has 2 N–H and O–H groups in total. The second-order valence-electron chi connectivity index (χ2n) is 6.14. The number of amides is 1. The number of hydrogen-bond donors (Lipinski definition) is 2. The summed E-state index contributed by atoms with van der Waals surface area (Å²) in [4.78, 5) is 44.3. The summed E-state index contributed by atoms with van der Waals surface area (Å²) >= 11 is 0. The number of methoxy groups -OCH3 is 2. The maximum atomic E-state index is 12.4. The zero-order valence-corrected chi connectivity index (χ0v) is 16.8. The van der Waals surface area contributed by atoms with E-state index in [0.29, 0.717) is 22.4 Å². The van der Waals surface area contributed by atoms with Crippen molar-refractivity contribution < 1.29 is 23.9 Å². The number of rotatable bonds is 8. The second-order valence-corrected chi connectivity index (χ2v) is 6.14. The van der Waals surface area contributed by atoms with Gasteiger partial charge in [-0.15, -0.1) is 0 Å². The fraction of sp³-hybridized carbons (Fsp3) is 0.350. The molecule has 0 spiro atoms. The highest BCUT2D eigenvalue weighted by Gasteiger charge is 2.20. The topological polar surface area (TPSA) is 120 Å². The third kappa shape index (κ3) is 5.28. The van der Waals surface area contributed by atoms with Crippen LogP contribution in [0.4, 0.5) is 11.5 Å². The van der Waals surface area contributed by atoms with Crippen LogP contribution in [0, 0.1) is 5.92 Å². The molecule has 1 amide bonds. The van der Waals surface area contributed by atoms with Gasteiger partial charge in [-0.2, -0.15) is 0 Å². The van der Waals surface area contributed by atoms with Crippen LogP contribution in [0.2, 0.25) is 0 Å². The van der Waals surface area contributed by atoms with Crippen LogP contribution in [0.1, 0.15) is 26.7 Å². The SMILES string of the molecule is CCC(CC)C(=O)Nc1ccc2ncnc(NC=C(C(=O)OC)C(=O)OC)c2c1. The molecule has 9 heteroatoms. The zero-order chi connectivity index (χ0) is 21.4. The summed E-state index contributed by atoms with van der Waals surface area (Å²) in [6, 6.07) is 5.22. The molecule has 1 aromatic carbocycles. The number of nitrogens with one attached hydrogen (secondary N) is 2. The van der Waals surface area contributed by atoms with Gasteiger partial charge in [-0.3, -0.25) is 4.79 Å². The van der Waals surface area contributed by atoms with E-state index in [4.69, 9.17) is 0 Å². The lowest BCUT2D eigenvalue weighted by Gasteiger charge is -2.13. The van der Waals surface area contributed by atoms with Crippen LogP contribution < -0.4 is 10.6 Å². The summed E-state index contributed by atoms with van der Waals surface area (Å²) < 4.78 is 9.18. The van der Waals surface area contributed by atoms with Gasteiger partial charge >= 0.3 is 11.9 Å². The molecular formula is C20H24N4O5. The number of ether oxygens (including phenoxy) is 2. The molecule has 0 aliphatic heterocycles. The van der Waals surface area contributed by atoms with Crippen molar-refractivity contribution in [1.82, 2.24) is 9.97 Å². The fourth-order valence-corrected chi connectivity index (χ4v) is 2.71. The average molecular weight is 400 g/mol. The van der Waals surface area contributed by atoms with E-state index in [-0.39, 0.29) is 17.4 Å². The monoisotopic (exact) mass is 400 g/mol. The van der Waals surface area contributed by atoms with Gasteiger partial charge in [0.05, 0.1) is 19.7 Å². The molecule has 0 aliphatic rings. The molecule has 9 nitrogen and oxygen atoms in total. The second kappa shape index (κ2) is 10.2. The van der Waals surface area contributed by atoms with E-state index >= 15 is 0 Å². The Hall–Kier alpha value is -3.49. The van der Waals surface area contributed by atoms with Crippen molar-refractivity contribution in [3.63, 3.8) is 0 Å². The quantitative estimate of drug-likeness (QED) is 0.300. The first kappa shape index (κ1) is 21.8. The molecule has 0 bridgehead atoms. The van der Waals surface area contributed by atoms with Crippen molar-refractivity contribution in [2.75, 3.05) is 24.9 Å². The first-order valence-electron chi connectivity index (χ1n) is 9.14. The summed E-state index contributed by atoms with van der Waals surface area (Å²) in [5.41, 5.74) is 0.895. The van der Waals surface area contributed by atoms with Crippen LogP contribution in [0.15, 0.2) is 36.3 Å². The summed E-state index contributed by atoms with van der Waals surface area (Å²) in [6.07, 6.45) is 4.01. The van der Waals surface area contributed by atoms with Gasteiger partial charge in [0.2, 0.25) is 5.91 Å². The van der Waals surface area contributed by atoms with E-state index in [0.717, 1.165) is 33.3 Å². The van der Waals surface area contributed by atoms with Crippen LogP contribution in [0.3, 0.4) is 0 Å². The lowest BCUT2D eigenvalue weighted by atomic mass is 10.0. The molecule has 0 atom stereocenters. The lowest BCUT2D eigenvalue weighted by Crippen LogP contribution is -2.21. The van der Waals surface area contributed by atoms with Crippen molar-refractivity contribution in [2.24, 2.45) is 5.92 Å². The van der Waals surface area contributed by atoms with Crippen LogP contribution >= 0.6 is 0 Å². The predicted octanol–water partition coefficient (Wildman–Crippen LogP) is 2.65. The Kier molecular flexibility index (Phi) is 7.64. The van der Waals surface area contributed by atoms with Gasteiger partial charge in [-0.1, -0.05) is 13.8 Å². The Morgan fingerprint density at radius 3 is 2.31 bits per heavy atom. The molecule has 2 rings (SSSR count). The molecule has 0 unspecified atom stereocenters. The molecular weight excluding hydrogens is 376 g/mol. The van der Waals surface area contributed by atoms with Crippen molar-refractivity contribution >= 4 is 40.3 Å². The first-order chi connectivity index (χ1) is 13.9. The maximum absolute atomic E-state index is 12.4. The number of nitrogens with zero attached hydrogens (tertiary/aromatic N) is 2. The number of carbonyl (C=O) groups excluding carboxylic acids is 3. The van der Waals surface area contributed by atoms with Gasteiger partial charge in [-0.05, 0) is 31.0 Å². The van der Waals surface area contributed by atoms with Gasteiger partial charge in [0.1, 0.15) is 12.1 Å². The van der Waals surface area contributed by atoms with Crippen LogP contribution in [0.25, 0.3) is 10.9 Å². The highest BCUT2D eigenvalue weighted by Crippen LogP contribution is 2.24. The number of benzene rings is 1. The average Bonchev–Trinajstić information content (AvgIpc) is 2.74. The Balaban J connectivity index is 2.36. The largest absolute Gasteiger partial charge is 0.465 e. The van der Waals surface area contributed by atoms with Crippen molar-refractivity contribution in [3.05, 3.63) is 36.3 Å². The maximum Gasteiger partial charge on any atom is 0.346 e. The minimum absolute atomic E-state index is 0.0562. The van der Waals surface area contributed by atoms with Crippen molar-refractivity contribution in [2.45, 2.75) is 26.7 Å². The summed E-state index contributed by atoms with van der Waals surface area (Å²) in [6.45, 7) is 3.94. The highest BCUT2D eigenvalue weighted by molar-refractivity contribution is 6.14. The molecule has 29 heavy (non-hydrogen) atoms. The number of aromatic nitrogens is 2. The van der Waals surface area contributed by atoms with E-state index in [9.17, 15) is 14.4 Å². The van der Waals surface area contributed by atoms with Crippen molar-refractivity contribution in [3.8, 4) is 0 Å². The zero-order valence-electron chi connectivity index (χ0n) is 16.8. The van der Waals surface area contributed by atoms with E-state index in [1.165, 1.54) is 6.33 Å². The normalized spacial score (nSPS) is 10.4. The summed E-state index contributed by atoms with van der Waals surface area (Å²) in [5, 5.41) is 6.31. The first-order valence-corrected chi connectivity index (χ1v) is 9.14. The van der Waals surface area contributed by atoms with E-state index in [1.54, 1.807) is 18.2 Å². The van der Waals surface area contributed by atoms with Crippen LogP contribution in [-0.2, 0) is 23.9 Å². The molecule has 1 aromatic heterocycles. The molecule has 0 saturated heterocycles. The molecule has 1 heterocycles. The van der Waals surface area contributed by atoms with Crippen LogP contribution in [0.5, 0.6) is 0 Å². The van der Waals surface area contributed by atoms with Gasteiger partial charge in [0.15, 0.2) is 5.57 Å². The third-order valence-corrected chi connectivity index (χ3v) is 4.42. The van der Waals surface area contributed by atoms with Crippen molar-refractivity contribution in [1.29, 1.82) is 0 Å². The summed E-state index contributed by atoms with van der Waals surface area (Å²) in [7, 11) is 2.32. The molecule has 0 saturated carbocycles. The molecule has 154 valence electrons. The minimum Gasteiger partial charge on any atom is -0.465 e.